The van der Waals surface area contributed by atoms with Gasteiger partial charge in [0, 0.05) is 5.69 Å². The average Bonchev–Trinajstić information content (AvgIpc) is 3.35. The van der Waals surface area contributed by atoms with Crippen LogP contribution in [0, 0.1) is 6.92 Å². The largest absolute Gasteiger partial charge is 0.489 e. The summed E-state index contributed by atoms with van der Waals surface area (Å²) in [6, 6.07) is 24.7. The van der Waals surface area contributed by atoms with Crippen LogP contribution in [0.25, 0.3) is 28.6 Å². The Morgan fingerprint density at radius 1 is 0.974 bits per heavy atom. The van der Waals surface area contributed by atoms with Gasteiger partial charge in [0.2, 0.25) is 5.89 Å². The molecule has 196 valence electrons. The second kappa shape index (κ2) is 10.9. The molecule has 0 fully saturated rings. The van der Waals surface area contributed by atoms with Gasteiger partial charge in [-0.15, -0.1) is 0 Å². The highest BCUT2D eigenvalue weighted by molar-refractivity contribution is 6.05. The highest BCUT2D eigenvalue weighted by Crippen LogP contribution is 2.36. The molecule has 39 heavy (non-hydrogen) atoms. The van der Waals surface area contributed by atoms with Gasteiger partial charge in [-0.05, 0) is 66.6 Å². The smallest absolute Gasteiger partial charge is 0.417 e. The molecule has 5 nitrogen and oxygen atoms in total. The topological polar surface area (TPSA) is 64.4 Å². The first-order valence-corrected chi connectivity index (χ1v) is 12.1. The van der Waals surface area contributed by atoms with Gasteiger partial charge in [0.1, 0.15) is 17.9 Å². The molecule has 0 aliphatic rings. The molecule has 0 atom stereocenters. The summed E-state index contributed by atoms with van der Waals surface area (Å²) in [5, 5.41) is 2.56. The van der Waals surface area contributed by atoms with Crippen molar-refractivity contribution < 1.29 is 27.1 Å². The van der Waals surface area contributed by atoms with Crippen LogP contribution in [-0.2, 0) is 6.18 Å². The van der Waals surface area contributed by atoms with E-state index in [-0.39, 0.29) is 18.2 Å². The molecular weight excluding hydrogens is 505 g/mol. The Morgan fingerprint density at radius 3 is 2.54 bits per heavy atom. The van der Waals surface area contributed by atoms with Gasteiger partial charge in [-0.1, -0.05) is 54.6 Å². The fraction of sp³-hybridized carbons (Fsp3) is 0.0968. The van der Waals surface area contributed by atoms with Gasteiger partial charge in [0.15, 0.2) is 5.58 Å². The molecule has 0 saturated heterocycles. The number of aryl methyl sites for hydroxylation is 1. The summed E-state index contributed by atoms with van der Waals surface area (Å²) in [4.78, 5) is 17.4. The fourth-order valence-electron chi connectivity index (χ4n) is 4.07. The Kier molecular flexibility index (Phi) is 7.19. The number of benzene rings is 4. The summed E-state index contributed by atoms with van der Waals surface area (Å²) in [6.45, 7) is 2.18. The number of anilines is 1. The first kappa shape index (κ1) is 25.8. The minimum absolute atomic E-state index is 0.242. The SMILES string of the molecule is Cc1ccc2oc(-c3cc(NC(=O)c4ccccc4C(F)(F)F)ccc3OCC=Cc3ccccc3)nc2c1. The Balaban J connectivity index is 1.46. The molecule has 0 saturated carbocycles. The number of nitrogens with zero attached hydrogens (tertiary/aromatic N) is 1. The van der Waals surface area contributed by atoms with Crippen molar-refractivity contribution in [3.05, 3.63) is 119 Å². The molecule has 0 unspecified atom stereocenters. The molecule has 1 heterocycles. The van der Waals surface area contributed by atoms with Crippen LogP contribution in [0.1, 0.15) is 27.0 Å². The Morgan fingerprint density at radius 2 is 1.74 bits per heavy atom. The third-order valence-electron chi connectivity index (χ3n) is 5.93. The normalized spacial score (nSPS) is 11.7. The maximum Gasteiger partial charge on any atom is 0.417 e. The summed E-state index contributed by atoms with van der Waals surface area (Å²) in [5.41, 5.74) is 2.46. The quantitative estimate of drug-likeness (QED) is 0.231. The van der Waals surface area contributed by atoms with Crippen molar-refractivity contribution in [2.24, 2.45) is 0 Å². The van der Waals surface area contributed by atoms with Crippen molar-refractivity contribution in [1.29, 1.82) is 0 Å². The van der Waals surface area contributed by atoms with Crippen LogP contribution in [0.2, 0.25) is 0 Å². The highest BCUT2D eigenvalue weighted by Gasteiger charge is 2.34. The lowest BCUT2D eigenvalue weighted by Gasteiger charge is -2.14. The highest BCUT2D eigenvalue weighted by atomic mass is 19.4. The molecule has 1 N–H and O–H groups in total. The molecule has 0 radical (unpaired) electrons. The number of amides is 1. The number of oxazole rings is 1. The maximum atomic E-state index is 13.4. The number of carbonyl (C=O) groups excluding carboxylic acids is 1. The van der Waals surface area contributed by atoms with Crippen LogP contribution in [0.5, 0.6) is 5.75 Å². The van der Waals surface area contributed by atoms with E-state index in [9.17, 15) is 18.0 Å². The van der Waals surface area contributed by atoms with Gasteiger partial charge < -0.3 is 14.5 Å². The van der Waals surface area contributed by atoms with E-state index in [1.165, 1.54) is 12.1 Å². The molecule has 0 aliphatic heterocycles. The van der Waals surface area contributed by atoms with Crippen molar-refractivity contribution in [3.8, 4) is 17.2 Å². The molecule has 5 rings (SSSR count). The van der Waals surface area contributed by atoms with E-state index in [2.05, 4.69) is 10.3 Å². The number of rotatable bonds is 7. The molecule has 5 aromatic rings. The Bertz CT molecular complexity index is 1660. The number of ether oxygens (including phenoxy) is 1. The molecule has 8 heteroatoms. The monoisotopic (exact) mass is 528 g/mol. The molecule has 0 bridgehead atoms. The van der Waals surface area contributed by atoms with Crippen LogP contribution in [0.3, 0.4) is 0 Å². The minimum atomic E-state index is -4.67. The van der Waals surface area contributed by atoms with Crippen molar-refractivity contribution in [2.45, 2.75) is 13.1 Å². The van der Waals surface area contributed by atoms with E-state index in [1.807, 2.05) is 67.6 Å². The van der Waals surface area contributed by atoms with Crippen LogP contribution in [0.4, 0.5) is 18.9 Å². The number of hydrogen-bond donors (Lipinski definition) is 1. The maximum absolute atomic E-state index is 13.4. The van der Waals surface area contributed by atoms with Gasteiger partial charge in [0.05, 0.1) is 16.7 Å². The van der Waals surface area contributed by atoms with Gasteiger partial charge in [0.25, 0.3) is 5.91 Å². The molecule has 1 aromatic heterocycles. The number of hydrogen-bond acceptors (Lipinski definition) is 4. The van der Waals surface area contributed by atoms with Crippen molar-refractivity contribution in [2.75, 3.05) is 11.9 Å². The number of alkyl halides is 3. The first-order chi connectivity index (χ1) is 18.8. The zero-order valence-corrected chi connectivity index (χ0v) is 20.8. The number of carbonyl (C=O) groups is 1. The van der Waals surface area contributed by atoms with E-state index < -0.39 is 23.2 Å². The third kappa shape index (κ3) is 6.01. The Hall–Kier alpha value is -4.85. The third-order valence-corrected chi connectivity index (χ3v) is 5.93. The fourth-order valence-corrected chi connectivity index (χ4v) is 4.07. The van der Waals surface area contributed by atoms with Gasteiger partial charge in [-0.25, -0.2) is 4.98 Å². The van der Waals surface area contributed by atoms with Crippen LogP contribution < -0.4 is 10.1 Å². The van der Waals surface area contributed by atoms with Gasteiger partial charge >= 0.3 is 6.18 Å². The molecule has 1 amide bonds. The summed E-state index contributed by atoms with van der Waals surface area (Å²) in [6.07, 6.45) is -0.882. The standard InChI is InChI=1S/C31H23F3N2O3/c1-20-13-15-28-26(18-20)36-30(39-28)24-19-22(35-29(37)23-11-5-6-12-25(23)31(32,33)34)14-16-27(24)38-17-7-10-21-8-3-2-4-9-21/h2-16,18-19H,17H2,1H3,(H,35,37). The van der Waals surface area contributed by atoms with E-state index in [0.717, 1.165) is 23.3 Å². The molecule has 4 aromatic carbocycles. The lowest BCUT2D eigenvalue weighted by atomic mass is 10.1. The Labute approximate surface area is 222 Å². The summed E-state index contributed by atoms with van der Waals surface area (Å²) in [7, 11) is 0. The van der Waals surface area contributed by atoms with Crippen LogP contribution >= 0.6 is 0 Å². The van der Waals surface area contributed by atoms with Crippen molar-refractivity contribution >= 4 is 28.8 Å². The van der Waals surface area contributed by atoms with Crippen molar-refractivity contribution in [1.82, 2.24) is 4.98 Å². The number of halogens is 3. The lowest BCUT2D eigenvalue weighted by Crippen LogP contribution is -2.18. The first-order valence-electron chi connectivity index (χ1n) is 12.1. The van der Waals surface area contributed by atoms with Gasteiger partial charge in [-0.3, -0.25) is 4.79 Å². The summed E-state index contributed by atoms with van der Waals surface area (Å²) >= 11 is 0. The number of aromatic nitrogens is 1. The number of nitrogens with one attached hydrogen (secondary N) is 1. The number of fused-ring (bicyclic) bond motifs is 1. The van der Waals surface area contributed by atoms with Crippen LogP contribution in [-0.4, -0.2) is 17.5 Å². The van der Waals surface area contributed by atoms with E-state index >= 15 is 0 Å². The van der Waals surface area contributed by atoms with Crippen molar-refractivity contribution in [3.63, 3.8) is 0 Å². The summed E-state index contributed by atoms with van der Waals surface area (Å²) in [5.74, 6) is -0.198. The predicted octanol–water partition coefficient (Wildman–Crippen LogP) is 8.17. The van der Waals surface area contributed by atoms with Crippen LogP contribution in [0.15, 0.2) is 101 Å². The minimum Gasteiger partial charge on any atom is -0.489 e. The van der Waals surface area contributed by atoms with Gasteiger partial charge in [-0.2, -0.15) is 13.2 Å². The summed E-state index contributed by atoms with van der Waals surface area (Å²) < 4.78 is 52.3. The van der Waals surface area contributed by atoms with E-state index in [0.29, 0.717) is 22.4 Å². The zero-order valence-electron chi connectivity index (χ0n) is 20.8. The second-order valence-corrected chi connectivity index (χ2v) is 8.82. The van der Waals surface area contributed by atoms with E-state index in [1.54, 1.807) is 18.2 Å². The lowest BCUT2D eigenvalue weighted by molar-refractivity contribution is -0.137. The molecular formula is C31H23F3N2O3. The predicted molar refractivity (Wildman–Crippen MR) is 145 cm³/mol. The zero-order chi connectivity index (χ0) is 27.4. The average molecular weight is 529 g/mol. The molecule has 0 aliphatic carbocycles. The molecule has 0 spiro atoms. The van der Waals surface area contributed by atoms with E-state index in [4.69, 9.17) is 9.15 Å². The second-order valence-electron chi connectivity index (χ2n) is 8.82.